The van der Waals surface area contributed by atoms with Gasteiger partial charge in [-0.25, -0.2) is 0 Å². The molecule has 1 rings (SSSR count). The van der Waals surface area contributed by atoms with Crippen molar-refractivity contribution in [2.45, 2.75) is 58.0 Å². The second kappa shape index (κ2) is 3.95. The van der Waals surface area contributed by atoms with Gasteiger partial charge in [0.1, 0.15) is 0 Å². The summed E-state index contributed by atoms with van der Waals surface area (Å²) in [6.45, 7) is 5.81. The van der Waals surface area contributed by atoms with Gasteiger partial charge in [0.25, 0.3) is 0 Å². The van der Waals surface area contributed by atoms with E-state index in [2.05, 4.69) is 0 Å². The molecule has 3 heteroatoms. The summed E-state index contributed by atoms with van der Waals surface area (Å²) in [4.78, 5) is 0. The van der Waals surface area contributed by atoms with E-state index in [4.69, 9.17) is 4.74 Å². The van der Waals surface area contributed by atoms with Gasteiger partial charge in [0.05, 0.1) is 12.2 Å². The third-order valence-corrected chi connectivity index (χ3v) is 3.05. The first-order chi connectivity index (χ1) is 6.02. The normalized spacial score (nSPS) is 46.4. The molecule has 0 aliphatic carbocycles. The molecule has 1 saturated heterocycles. The van der Waals surface area contributed by atoms with Crippen molar-refractivity contribution in [3.63, 3.8) is 0 Å². The molecule has 0 saturated carbocycles. The minimum Gasteiger partial charge on any atom is -0.393 e. The van der Waals surface area contributed by atoms with E-state index in [1.54, 1.807) is 0 Å². The van der Waals surface area contributed by atoms with Gasteiger partial charge in [0.2, 0.25) is 0 Å². The Bertz CT molecular complexity index is 158. The Morgan fingerprint density at radius 2 is 2.08 bits per heavy atom. The third-order valence-electron chi connectivity index (χ3n) is 3.05. The van der Waals surface area contributed by atoms with Crippen molar-refractivity contribution in [1.82, 2.24) is 0 Å². The Hall–Kier alpha value is -0.120. The Kier molecular flexibility index (Phi) is 3.33. The zero-order chi connectivity index (χ0) is 10.1. The first kappa shape index (κ1) is 11.0. The second-order valence-electron chi connectivity index (χ2n) is 3.97. The summed E-state index contributed by atoms with van der Waals surface area (Å²) >= 11 is 0. The first-order valence-corrected chi connectivity index (χ1v) is 5.10. The fourth-order valence-electron chi connectivity index (χ4n) is 2.10. The summed E-state index contributed by atoms with van der Waals surface area (Å²) < 4.78 is 5.49. The average molecular weight is 188 g/mol. The molecule has 1 heterocycles. The molecule has 0 bridgehead atoms. The highest BCUT2D eigenvalue weighted by atomic mass is 16.6. The first-order valence-electron chi connectivity index (χ1n) is 5.10. The van der Waals surface area contributed by atoms with Gasteiger partial charge >= 0.3 is 0 Å². The van der Waals surface area contributed by atoms with Gasteiger partial charge in [-0.05, 0) is 19.8 Å². The van der Waals surface area contributed by atoms with Gasteiger partial charge in [-0.1, -0.05) is 13.8 Å². The van der Waals surface area contributed by atoms with Crippen LogP contribution in [-0.2, 0) is 4.74 Å². The molecule has 3 nitrogen and oxygen atoms in total. The van der Waals surface area contributed by atoms with Crippen LogP contribution in [0.5, 0.6) is 0 Å². The third kappa shape index (κ3) is 2.22. The zero-order valence-electron chi connectivity index (χ0n) is 8.66. The molecule has 2 N–H and O–H groups in total. The van der Waals surface area contributed by atoms with Gasteiger partial charge in [-0.2, -0.15) is 0 Å². The van der Waals surface area contributed by atoms with E-state index in [-0.39, 0.29) is 12.0 Å². The summed E-state index contributed by atoms with van der Waals surface area (Å²) in [6, 6.07) is 0. The topological polar surface area (TPSA) is 49.7 Å². The largest absolute Gasteiger partial charge is 0.393 e. The summed E-state index contributed by atoms with van der Waals surface area (Å²) in [5.41, 5.74) is 0. The Balaban J connectivity index is 2.66. The van der Waals surface area contributed by atoms with Gasteiger partial charge in [-0.3, -0.25) is 0 Å². The molecule has 13 heavy (non-hydrogen) atoms. The molecule has 0 radical (unpaired) electrons. The standard InChI is InChI=1S/C10H20O3/c1-4-8-7(3)13-10(12,5-2)6-9(8)11/h7-9,11-12H,4-6H2,1-3H3. The number of hydrogen-bond donors (Lipinski definition) is 2. The molecule has 1 aliphatic heterocycles. The number of aliphatic hydroxyl groups excluding tert-OH is 1. The lowest BCUT2D eigenvalue weighted by Crippen LogP contribution is -2.50. The monoisotopic (exact) mass is 188 g/mol. The quantitative estimate of drug-likeness (QED) is 0.686. The summed E-state index contributed by atoms with van der Waals surface area (Å²) in [5, 5.41) is 19.6. The van der Waals surface area contributed by atoms with Crippen molar-refractivity contribution in [1.29, 1.82) is 0 Å². The fraction of sp³-hybridized carbons (Fsp3) is 1.00. The lowest BCUT2D eigenvalue weighted by molar-refractivity contribution is -0.286. The Labute approximate surface area is 79.7 Å². The lowest BCUT2D eigenvalue weighted by atomic mass is 9.85. The highest BCUT2D eigenvalue weighted by molar-refractivity contribution is 4.85. The molecule has 0 aromatic heterocycles. The average Bonchev–Trinajstić information content (AvgIpc) is 2.03. The number of aliphatic hydroxyl groups is 2. The predicted molar refractivity (Wildman–Crippen MR) is 50.2 cm³/mol. The van der Waals surface area contributed by atoms with Crippen LogP contribution in [-0.4, -0.2) is 28.2 Å². The summed E-state index contributed by atoms with van der Waals surface area (Å²) in [6.07, 6.45) is 1.27. The molecule has 4 atom stereocenters. The van der Waals surface area contributed by atoms with Crippen molar-refractivity contribution >= 4 is 0 Å². The lowest BCUT2D eigenvalue weighted by Gasteiger charge is -2.42. The summed E-state index contributed by atoms with van der Waals surface area (Å²) in [5.74, 6) is -0.948. The van der Waals surface area contributed by atoms with Crippen molar-refractivity contribution in [2.75, 3.05) is 0 Å². The van der Waals surface area contributed by atoms with Gasteiger partial charge in [0.15, 0.2) is 5.79 Å². The van der Waals surface area contributed by atoms with E-state index in [1.165, 1.54) is 0 Å². The van der Waals surface area contributed by atoms with Crippen LogP contribution in [0.15, 0.2) is 0 Å². The van der Waals surface area contributed by atoms with Crippen LogP contribution in [0, 0.1) is 5.92 Å². The smallest absolute Gasteiger partial charge is 0.168 e. The molecule has 0 aromatic carbocycles. The van der Waals surface area contributed by atoms with Crippen molar-refractivity contribution < 1.29 is 14.9 Å². The molecule has 4 unspecified atom stereocenters. The molecular weight excluding hydrogens is 168 g/mol. The van der Waals surface area contributed by atoms with Gasteiger partial charge in [-0.15, -0.1) is 0 Å². The van der Waals surface area contributed by atoms with E-state index in [0.717, 1.165) is 6.42 Å². The predicted octanol–water partition coefficient (Wildman–Crippen LogP) is 1.28. The second-order valence-corrected chi connectivity index (χ2v) is 3.97. The van der Waals surface area contributed by atoms with Crippen LogP contribution in [0.4, 0.5) is 0 Å². The van der Waals surface area contributed by atoms with Crippen molar-refractivity contribution in [3.8, 4) is 0 Å². The number of rotatable bonds is 2. The minimum atomic E-state index is -1.11. The van der Waals surface area contributed by atoms with Gasteiger partial charge in [0, 0.05) is 12.3 Å². The van der Waals surface area contributed by atoms with E-state index in [9.17, 15) is 10.2 Å². The van der Waals surface area contributed by atoms with E-state index >= 15 is 0 Å². The minimum absolute atomic E-state index is 0.0568. The number of hydrogen-bond acceptors (Lipinski definition) is 3. The van der Waals surface area contributed by atoms with Crippen LogP contribution in [0.2, 0.25) is 0 Å². The SMILES string of the molecule is CCC1C(O)CC(O)(CC)OC1C. The van der Waals surface area contributed by atoms with Crippen LogP contribution in [0.25, 0.3) is 0 Å². The van der Waals surface area contributed by atoms with Gasteiger partial charge < -0.3 is 14.9 Å². The molecular formula is C10H20O3. The van der Waals surface area contributed by atoms with E-state index in [1.807, 2.05) is 20.8 Å². The summed E-state index contributed by atoms with van der Waals surface area (Å²) in [7, 11) is 0. The zero-order valence-corrected chi connectivity index (χ0v) is 8.66. The van der Waals surface area contributed by atoms with Crippen LogP contribution < -0.4 is 0 Å². The maximum atomic E-state index is 9.85. The Morgan fingerprint density at radius 3 is 2.46 bits per heavy atom. The molecule has 1 aliphatic rings. The number of ether oxygens (including phenoxy) is 1. The molecule has 0 amide bonds. The Morgan fingerprint density at radius 1 is 1.46 bits per heavy atom. The van der Waals surface area contributed by atoms with Crippen molar-refractivity contribution in [2.24, 2.45) is 5.92 Å². The van der Waals surface area contributed by atoms with E-state index in [0.29, 0.717) is 12.8 Å². The molecule has 1 fully saturated rings. The molecule has 0 spiro atoms. The maximum absolute atomic E-state index is 9.85. The van der Waals surface area contributed by atoms with Crippen LogP contribution >= 0.6 is 0 Å². The fourth-order valence-corrected chi connectivity index (χ4v) is 2.10. The van der Waals surface area contributed by atoms with Crippen LogP contribution in [0.3, 0.4) is 0 Å². The molecule has 0 aromatic rings. The maximum Gasteiger partial charge on any atom is 0.168 e. The highest BCUT2D eigenvalue weighted by Crippen LogP contribution is 2.34. The van der Waals surface area contributed by atoms with Crippen molar-refractivity contribution in [3.05, 3.63) is 0 Å². The molecule has 78 valence electrons. The van der Waals surface area contributed by atoms with Crippen LogP contribution in [0.1, 0.15) is 40.0 Å². The highest BCUT2D eigenvalue weighted by Gasteiger charge is 2.41. The van der Waals surface area contributed by atoms with E-state index < -0.39 is 11.9 Å².